The third-order valence-electron chi connectivity index (χ3n) is 1.87. The molecule has 1 rings (SSSR count). The minimum Gasteiger partial charge on any atom is -0.496 e. The van der Waals surface area contributed by atoms with Gasteiger partial charge in [-0.25, -0.2) is 13.8 Å². The maximum Gasteiger partial charge on any atom is 0.280 e. The number of ether oxygens (including phenoxy) is 2. The van der Waals surface area contributed by atoms with Crippen molar-refractivity contribution in [3.8, 4) is 11.6 Å². The first kappa shape index (κ1) is 10.7. The van der Waals surface area contributed by atoms with Crippen LogP contribution in [0.3, 0.4) is 0 Å². The maximum atomic E-state index is 12.5. The summed E-state index contributed by atoms with van der Waals surface area (Å²) >= 11 is 0. The van der Waals surface area contributed by atoms with Crippen molar-refractivity contribution in [1.29, 1.82) is 0 Å². The molecule has 0 saturated carbocycles. The molecule has 0 aliphatic carbocycles. The van der Waals surface area contributed by atoms with Crippen molar-refractivity contribution >= 4 is 0 Å². The molecule has 14 heavy (non-hydrogen) atoms. The molecule has 0 atom stereocenters. The minimum atomic E-state index is -2.63. The van der Waals surface area contributed by atoms with Crippen LogP contribution in [0.1, 0.15) is 17.7 Å². The second kappa shape index (κ2) is 4.21. The number of methoxy groups -OCH3 is 2. The molecule has 0 N–H and O–H groups in total. The molecule has 78 valence electrons. The summed E-state index contributed by atoms with van der Waals surface area (Å²) < 4.78 is 34.7. The first-order valence-corrected chi connectivity index (χ1v) is 3.97. The minimum absolute atomic E-state index is 0.128. The average Bonchev–Trinajstić information content (AvgIpc) is 2.17. The van der Waals surface area contributed by atoms with E-state index in [0.29, 0.717) is 11.3 Å². The summed E-state index contributed by atoms with van der Waals surface area (Å²) in [5.74, 6) is 0.481. The van der Waals surface area contributed by atoms with E-state index in [2.05, 4.69) is 4.98 Å². The highest BCUT2D eigenvalue weighted by molar-refractivity contribution is 5.39. The van der Waals surface area contributed by atoms with Crippen molar-refractivity contribution < 1.29 is 18.3 Å². The van der Waals surface area contributed by atoms with Crippen molar-refractivity contribution in [3.63, 3.8) is 0 Å². The summed E-state index contributed by atoms with van der Waals surface area (Å²) in [4.78, 5) is 3.65. The van der Waals surface area contributed by atoms with Gasteiger partial charge in [-0.1, -0.05) is 0 Å². The third kappa shape index (κ3) is 1.92. The molecule has 3 nitrogen and oxygen atoms in total. The Kier molecular flexibility index (Phi) is 3.22. The van der Waals surface area contributed by atoms with Crippen molar-refractivity contribution in [3.05, 3.63) is 17.3 Å². The third-order valence-corrected chi connectivity index (χ3v) is 1.87. The Balaban J connectivity index is 3.27. The molecule has 0 aromatic carbocycles. The fourth-order valence-corrected chi connectivity index (χ4v) is 1.11. The number of alkyl halides is 2. The summed E-state index contributed by atoms with van der Waals surface area (Å²) in [5, 5.41) is 0. The van der Waals surface area contributed by atoms with Gasteiger partial charge in [0.15, 0.2) is 0 Å². The fourth-order valence-electron chi connectivity index (χ4n) is 1.11. The van der Waals surface area contributed by atoms with Gasteiger partial charge in [0, 0.05) is 11.6 Å². The van der Waals surface area contributed by atoms with Gasteiger partial charge in [-0.05, 0) is 6.92 Å². The topological polar surface area (TPSA) is 31.4 Å². The predicted molar refractivity (Wildman–Crippen MR) is 47.0 cm³/mol. The molecule has 0 unspecified atom stereocenters. The molecule has 1 heterocycles. The van der Waals surface area contributed by atoms with Crippen LogP contribution in [0.15, 0.2) is 6.07 Å². The normalized spacial score (nSPS) is 10.4. The van der Waals surface area contributed by atoms with Crippen LogP contribution < -0.4 is 9.47 Å². The SMILES string of the molecule is COc1cc(OC)c(C)c(C(F)F)n1. The lowest BCUT2D eigenvalue weighted by Crippen LogP contribution is -2.00. The Bertz CT molecular complexity index is 329. The Morgan fingerprint density at radius 3 is 2.36 bits per heavy atom. The molecule has 5 heteroatoms. The second-order valence-corrected chi connectivity index (χ2v) is 2.68. The summed E-state index contributed by atoms with van der Waals surface area (Å²) in [6.07, 6.45) is -2.63. The van der Waals surface area contributed by atoms with E-state index in [9.17, 15) is 8.78 Å². The number of halogens is 2. The highest BCUT2D eigenvalue weighted by Crippen LogP contribution is 2.30. The Hall–Kier alpha value is -1.39. The molecule has 1 aromatic rings. The van der Waals surface area contributed by atoms with Gasteiger partial charge in [0.05, 0.1) is 14.2 Å². The van der Waals surface area contributed by atoms with E-state index in [1.165, 1.54) is 27.2 Å². The lowest BCUT2D eigenvalue weighted by Gasteiger charge is -2.10. The molecular weight excluding hydrogens is 192 g/mol. The summed E-state index contributed by atoms with van der Waals surface area (Å²) in [6, 6.07) is 1.47. The first-order valence-electron chi connectivity index (χ1n) is 3.97. The summed E-state index contributed by atoms with van der Waals surface area (Å²) in [7, 11) is 2.78. The molecule has 0 saturated heterocycles. The Labute approximate surface area is 80.7 Å². The number of nitrogens with zero attached hydrogens (tertiary/aromatic N) is 1. The van der Waals surface area contributed by atoms with Crippen LogP contribution in [0.5, 0.6) is 11.6 Å². The van der Waals surface area contributed by atoms with Crippen LogP contribution in [0.4, 0.5) is 8.78 Å². The standard InChI is InChI=1S/C9H11F2NO2/c1-5-6(13-2)4-7(14-3)12-8(5)9(10)11/h4,9H,1-3H3. The zero-order valence-electron chi connectivity index (χ0n) is 8.17. The number of aromatic nitrogens is 1. The zero-order chi connectivity index (χ0) is 10.7. The number of rotatable bonds is 3. The van der Waals surface area contributed by atoms with E-state index < -0.39 is 6.43 Å². The smallest absolute Gasteiger partial charge is 0.280 e. The molecule has 1 aromatic heterocycles. The summed E-state index contributed by atoms with van der Waals surface area (Å²) in [5.41, 5.74) is 0.0319. The van der Waals surface area contributed by atoms with E-state index in [1.54, 1.807) is 0 Å². The van der Waals surface area contributed by atoms with Crippen LogP contribution >= 0.6 is 0 Å². The van der Waals surface area contributed by atoms with Crippen LogP contribution in [0, 0.1) is 6.92 Å². The number of hydrogen-bond donors (Lipinski definition) is 0. The van der Waals surface area contributed by atoms with E-state index in [4.69, 9.17) is 9.47 Å². The summed E-state index contributed by atoms with van der Waals surface area (Å²) in [6.45, 7) is 1.53. The molecule has 0 radical (unpaired) electrons. The van der Waals surface area contributed by atoms with Gasteiger partial charge in [-0.2, -0.15) is 0 Å². The first-order chi connectivity index (χ1) is 6.60. The maximum absolute atomic E-state index is 12.5. The Morgan fingerprint density at radius 2 is 1.93 bits per heavy atom. The Morgan fingerprint density at radius 1 is 1.29 bits per heavy atom. The van der Waals surface area contributed by atoms with Crippen LogP contribution in [-0.2, 0) is 0 Å². The second-order valence-electron chi connectivity index (χ2n) is 2.68. The predicted octanol–water partition coefficient (Wildman–Crippen LogP) is 2.34. The molecule has 0 fully saturated rings. The average molecular weight is 203 g/mol. The van der Waals surface area contributed by atoms with E-state index >= 15 is 0 Å². The fraction of sp³-hybridized carbons (Fsp3) is 0.444. The van der Waals surface area contributed by atoms with Gasteiger partial charge in [-0.3, -0.25) is 0 Å². The lowest BCUT2D eigenvalue weighted by atomic mass is 10.2. The van der Waals surface area contributed by atoms with Crippen LogP contribution in [0.25, 0.3) is 0 Å². The number of hydrogen-bond acceptors (Lipinski definition) is 3. The van der Waals surface area contributed by atoms with Gasteiger partial charge in [0.25, 0.3) is 6.43 Å². The molecule has 0 aliphatic rings. The zero-order valence-corrected chi connectivity index (χ0v) is 8.17. The van der Waals surface area contributed by atoms with Gasteiger partial charge in [0.2, 0.25) is 5.88 Å². The monoisotopic (exact) mass is 203 g/mol. The number of pyridine rings is 1. The van der Waals surface area contributed by atoms with E-state index in [0.717, 1.165) is 0 Å². The molecule has 0 amide bonds. The largest absolute Gasteiger partial charge is 0.496 e. The molecular formula is C9H11F2NO2. The van der Waals surface area contributed by atoms with E-state index in [1.807, 2.05) is 0 Å². The van der Waals surface area contributed by atoms with Crippen molar-refractivity contribution in [2.75, 3.05) is 14.2 Å². The molecule has 0 aliphatic heterocycles. The van der Waals surface area contributed by atoms with Crippen LogP contribution in [0.2, 0.25) is 0 Å². The van der Waals surface area contributed by atoms with Crippen molar-refractivity contribution in [2.45, 2.75) is 13.3 Å². The lowest BCUT2D eigenvalue weighted by molar-refractivity contribution is 0.143. The van der Waals surface area contributed by atoms with Gasteiger partial charge in [0.1, 0.15) is 11.4 Å². The van der Waals surface area contributed by atoms with Crippen LogP contribution in [-0.4, -0.2) is 19.2 Å². The van der Waals surface area contributed by atoms with Gasteiger partial charge < -0.3 is 9.47 Å². The molecule has 0 spiro atoms. The quantitative estimate of drug-likeness (QED) is 0.755. The molecule has 0 bridgehead atoms. The van der Waals surface area contributed by atoms with E-state index in [-0.39, 0.29) is 11.6 Å². The van der Waals surface area contributed by atoms with Gasteiger partial charge in [-0.15, -0.1) is 0 Å². The van der Waals surface area contributed by atoms with Crippen molar-refractivity contribution in [2.24, 2.45) is 0 Å². The van der Waals surface area contributed by atoms with Gasteiger partial charge >= 0.3 is 0 Å². The van der Waals surface area contributed by atoms with Crippen molar-refractivity contribution in [1.82, 2.24) is 4.98 Å². The highest BCUT2D eigenvalue weighted by atomic mass is 19.3. The highest BCUT2D eigenvalue weighted by Gasteiger charge is 2.17.